The molecule has 26 heavy (non-hydrogen) atoms. The van der Waals surface area contributed by atoms with Gasteiger partial charge >= 0.3 is 12.3 Å². The monoisotopic (exact) mass is 371 g/mol. The predicted molar refractivity (Wildman–Crippen MR) is 90.9 cm³/mol. The molecule has 0 saturated carbocycles. The standard InChI is InChI=1S/C18H24F3N3O2/c1-17(2,3)26-16(25)24-9-12-5-7-23(10-13(12)11-24)15-4-6-22-8-14(15)18(19,20)21/h4,6,8,12-13H,5,7,9-11H2,1-3H3/t12-,13+/m0/s1. The maximum absolute atomic E-state index is 13.3. The van der Waals surface area contributed by atoms with Crippen molar-refractivity contribution >= 4 is 11.8 Å². The first-order valence-electron chi connectivity index (χ1n) is 8.78. The Morgan fingerprint density at radius 2 is 1.88 bits per heavy atom. The molecule has 0 N–H and O–H groups in total. The lowest BCUT2D eigenvalue weighted by molar-refractivity contribution is -0.137. The van der Waals surface area contributed by atoms with Crippen molar-refractivity contribution in [2.24, 2.45) is 11.8 Å². The molecule has 0 unspecified atom stereocenters. The van der Waals surface area contributed by atoms with Crippen LogP contribution in [-0.2, 0) is 10.9 Å². The number of carbonyl (C=O) groups excluding carboxylic acids is 1. The van der Waals surface area contributed by atoms with E-state index in [4.69, 9.17) is 4.74 Å². The lowest BCUT2D eigenvalue weighted by Crippen LogP contribution is -2.41. The fraction of sp³-hybridized carbons (Fsp3) is 0.667. The molecular formula is C18H24F3N3O2. The number of nitrogens with zero attached hydrogens (tertiary/aromatic N) is 3. The Balaban J connectivity index is 1.71. The summed E-state index contributed by atoms with van der Waals surface area (Å²) in [6.45, 7) is 7.61. The van der Waals surface area contributed by atoms with Gasteiger partial charge in [-0.3, -0.25) is 4.98 Å². The van der Waals surface area contributed by atoms with Gasteiger partial charge in [0.25, 0.3) is 0 Å². The van der Waals surface area contributed by atoms with Gasteiger partial charge in [-0.25, -0.2) is 4.79 Å². The summed E-state index contributed by atoms with van der Waals surface area (Å²) in [5.74, 6) is 0.445. The van der Waals surface area contributed by atoms with Gasteiger partial charge in [-0.15, -0.1) is 0 Å². The number of fused-ring (bicyclic) bond motifs is 1. The van der Waals surface area contributed by atoms with Crippen molar-refractivity contribution in [1.29, 1.82) is 0 Å². The summed E-state index contributed by atoms with van der Waals surface area (Å²) in [7, 11) is 0. The Hall–Kier alpha value is -1.99. The summed E-state index contributed by atoms with van der Waals surface area (Å²) in [5, 5.41) is 0. The van der Waals surface area contributed by atoms with Gasteiger partial charge in [0.05, 0.1) is 11.3 Å². The summed E-state index contributed by atoms with van der Waals surface area (Å²) in [4.78, 5) is 19.4. The number of pyridine rings is 1. The minimum Gasteiger partial charge on any atom is -0.444 e. The fourth-order valence-corrected chi connectivity index (χ4v) is 3.74. The van der Waals surface area contributed by atoms with Gasteiger partial charge in [-0.05, 0) is 45.1 Å². The maximum atomic E-state index is 13.3. The van der Waals surface area contributed by atoms with Crippen molar-refractivity contribution in [3.8, 4) is 0 Å². The van der Waals surface area contributed by atoms with E-state index in [1.165, 1.54) is 12.3 Å². The van der Waals surface area contributed by atoms with Crippen molar-refractivity contribution in [2.75, 3.05) is 31.1 Å². The Morgan fingerprint density at radius 1 is 1.19 bits per heavy atom. The molecule has 2 aliphatic heterocycles. The Labute approximate surface area is 151 Å². The number of anilines is 1. The molecular weight excluding hydrogens is 347 g/mol. The van der Waals surface area contributed by atoms with E-state index in [-0.39, 0.29) is 17.7 Å². The highest BCUT2D eigenvalue weighted by atomic mass is 19.4. The predicted octanol–water partition coefficient (Wildman–Crippen LogP) is 3.79. The summed E-state index contributed by atoms with van der Waals surface area (Å²) in [5.41, 5.74) is -1.10. The Bertz CT molecular complexity index is 672. The van der Waals surface area contributed by atoms with Crippen LogP contribution in [0.5, 0.6) is 0 Å². The van der Waals surface area contributed by atoms with Crippen LogP contribution in [0.4, 0.5) is 23.7 Å². The van der Waals surface area contributed by atoms with Crippen LogP contribution in [0.15, 0.2) is 18.5 Å². The zero-order valence-corrected chi connectivity index (χ0v) is 15.2. The lowest BCUT2D eigenvalue weighted by atomic mass is 9.88. The first-order valence-corrected chi connectivity index (χ1v) is 8.78. The number of ether oxygens (including phenoxy) is 1. The number of piperidine rings is 1. The van der Waals surface area contributed by atoms with E-state index in [0.717, 1.165) is 12.6 Å². The highest BCUT2D eigenvalue weighted by Gasteiger charge is 2.42. The van der Waals surface area contributed by atoms with Gasteiger partial charge in [-0.2, -0.15) is 13.2 Å². The van der Waals surface area contributed by atoms with Gasteiger partial charge < -0.3 is 14.5 Å². The van der Waals surface area contributed by atoms with Crippen LogP contribution in [0, 0.1) is 11.8 Å². The lowest BCUT2D eigenvalue weighted by Gasteiger charge is -2.36. The van der Waals surface area contributed by atoms with Crippen LogP contribution in [0.25, 0.3) is 0 Å². The number of hydrogen-bond donors (Lipinski definition) is 0. The topological polar surface area (TPSA) is 45.7 Å². The van der Waals surface area contributed by atoms with Gasteiger partial charge in [-0.1, -0.05) is 0 Å². The van der Waals surface area contributed by atoms with Crippen LogP contribution in [0.2, 0.25) is 0 Å². The Morgan fingerprint density at radius 3 is 2.54 bits per heavy atom. The molecule has 8 heteroatoms. The first kappa shape index (κ1) is 18.8. The van der Waals surface area contributed by atoms with E-state index >= 15 is 0 Å². The molecule has 0 radical (unpaired) electrons. The van der Waals surface area contributed by atoms with Crippen LogP contribution < -0.4 is 4.90 Å². The normalized spacial score (nSPS) is 23.8. The van der Waals surface area contributed by atoms with Crippen LogP contribution in [0.3, 0.4) is 0 Å². The largest absolute Gasteiger partial charge is 0.444 e. The molecule has 1 aromatic heterocycles. The van der Waals surface area contributed by atoms with Gasteiger partial charge in [0.15, 0.2) is 0 Å². The van der Waals surface area contributed by atoms with Crippen LogP contribution in [-0.4, -0.2) is 47.8 Å². The smallest absolute Gasteiger partial charge is 0.419 e. The third-order valence-electron chi connectivity index (χ3n) is 4.90. The third-order valence-corrected chi connectivity index (χ3v) is 4.90. The summed E-state index contributed by atoms with van der Waals surface area (Å²) < 4.78 is 45.2. The van der Waals surface area contributed by atoms with Crippen LogP contribution >= 0.6 is 0 Å². The summed E-state index contributed by atoms with van der Waals surface area (Å²) >= 11 is 0. The van der Waals surface area contributed by atoms with E-state index in [2.05, 4.69) is 4.98 Å². The summed E-state index contributed by atoms with van der Waals surface area (Å²) in [6.07, 6.45) is -1.76. The van der Waals surface area contributed by atoms with Crippen LogP contribution in [0.1, 0.15) is 32.8 Å². The van der Waals surface area contributed by atoms with Crippen molar-refractivity contribution in [3.05, 3.63) is 24.0 Å². The second-order valence-corrected chi connectivity index (χ2v) is 8.03. The first-order chi connectivity index (χ1) is 12.0. The van der Waals surface area contributed by atoms with E-state index in [0.29, 0.717) is 32.1 Å². The molecule has 5 nitrogen and oxygen atoms in total. The quantitative estimate of drug-likeness (QED) is 0.753. The molecule has 144 valence electrons. The third kappa shape index (κ3) is 4.04. The van der Waals surface area contributed by atoms with Crippen molar-refractivity contribution in [1.82, 2.24) is 9.88 Å². The molecule has 1 amide bonds. The minimum atomic E-state index is -4.43. The molecule has 2 fully saturated rings. The highest BCUT2D eigenvalue weighted by Crippen LogP contribution is 2.39. The molecule has 2 aliphatic rings. The molecule has 3 heterocycles. The molecule has 0 spiro atoms. The van der Waals surface area contributed by atoms with Gasteiger partial charge in [0, 0.05) is 38.6 Å². The van der Waals surface area contributed by atoms with Gasteiger partial charge in [0.2, 0.25) is 0 Å². The van der Waals surface area contributed by atoms with E-state index in [1.54, 1.807) is 9.80 Å². The molecule has 2 atom stereocenters. The zero-order valence-electron chi connectivity index (χ0n) is 15.2. The van der Waals surface area contributed by atoms with Crippen molar-refractivity contribution in [3.63, 3.8) is 0 Å². The van der Waals surface area contributed by atoms with E-state index in [1.807, 2.05) is 20.8 Å². The van der Waals surface area contributed by atoms with E-state index in [9.17, 15) is 18.0 Å². The number of likely N-dealkylation sites (tertiary alicyclic amines) is 1. The number of rotatable bonds is 1. The second kappa shape index (κ2) is 6.63. The fourth-order valence-electron chi connectivity index (χ4n) is 3.74. The number of aromatic nitrogens is 1. The average Bonchev–Trinajstić information content (AvgIpc) is 2.95. The second-order valence-electron chi connectivity index (χ2n) is 8.03. The molecule has 1 aromatic rings. The van der Waals surface area contributed by atoms with Crippen molar-refractivity contribution in [2.45, 2.75) is 39.0 Å². The summed E-state index contributed by atoms with van der Waals surface area (Å²) in [6, 6.07) is 1.42. The molecule has 2 saturated heterocycles. The molecule has 3 rings (SSSR count). The molecule has 0 aliphatic carbocycles. The molecule has 0 aromatic carbocycles. The number of carbonyl (C=O) groups is 1. The zero-order chi connectivity index (χ0) is 19.1. The minimum absolute atomic E-state index is 0.144. The maximum Gasteiger partial charge on any atom is 0.419 e. The number of amides is 1. The Kier molecular flexibility index (Phi) is 4.79. The molecule has 0 bridgehead atoms. The average molecular weight is 371 g/mol. The SMILES string of the molecule is CC(C)(C)OC(=O)N1C[C@@H]2CCN(c3ccncc3C(F)(F)F)C[C@@H]2C1. The number of alkyl halides is 3. The number of hydrogen-bond acceptors (Lipinski definition) is 4. The number of halogens is 3. The van der Waals surface area contributed by atoms with Gasteiger partial charge in [0.1, 0.15) is 5.60 Å². The highest BCUT2D eigenvalue weighted by molar-refractivity contribution is 5.68. The van der Waals surface area contributed by atoms with Crippen molar-refractivity contribution < 1.29 is 22.7 Å². The van der Waals surface area contributed by atoms with E-state index < -0.39 is 17.3 Å².